The number of carbonyl (C=O) groups is 2. The van der Waals surface area contributed by atoms with Crippen molar-refractivity contribution in [3.63, 3.8) is 0 Å². The molecule has 8 nitrogen and oxygen atoms in total. The molecule has 1 fully saturated rings. The second kappa shape index (κ2) is 10.5. The molecule has 0 aliphatic carbocycles. The van der Waals surface area contributed by atoms with E-state index in [0.29, 0.717) is 48.7 Å². The van der Waals surface area contributed by atoms with Crippen molar-refractivity contribution >= 4 is 18.0 Å². The summed E-state index contributed by atoms with van der Waals surface area (Å²) in [5.74, 6) is 1.57. The summed E-state index contributed by atoms with van der Waals surface area (Å²) in [5, 5.41) is 4.05. The van der Waals surface area contributed by atoms with E-state index in [2.05, 4.69) is 10.5 Å². The number of benzene rings is 2. The summed E-state index contributed by atoms with van der Waals surface area (Å²) in [4.78, 5) is 26.9. The second-order valence-electron chi connectivity index (χ2n) is 7.14. The van der Waals surface area contributed by atoms with E-state index in [9.17, 15) is 9.59 Å². The van der Waals surface area contributed by atoms with Gasteiger partial charge in [-0.05, 0) is 60.9 Å². The maximum atomic E-state index is 12.6. The fourth-order valence-corrected chi connectivity index (χ4v) is 3.46. The third kappa shape index (κ3) is 5.53. The highest BCUT2D eigenvalue weighted by Crippen LogP contribution is 2.27. The molecule has 0 atom stereocenters. The summed E-state index contributed by atoms with van der Waals surface area (Å²) in [6, 6.07) is 12.4. The van der Waals surface area contributed by atoms with E-state index in [-0.39, 0.29) is 17.7 Å². The van der Waals surface area contributed by atoms with Crippen molar-refractivity contribution in [2.45, 2.75) is 12.8 Å². The Bertz CT molecular complexity index is 935. The van der Waals surface area contributed by atoms with Crippen molar-refractivity contribution in [3.05, 3.63) is 53.6 Å². The van der Waals surface area contributed by atoms with Crippen LogP contribution in [0.15, 0.2) is 47.6 Å². The monoisotopic (exact) mass is 425 g/mol. The molecule has 8 heteroatoms. The maximum Gasteiger partial charge on any atom is 0.253 e. The first-order valence-electron chi connectivity index (χ1n) is 10.0. The normalized spacial score (nSPS) is 14.4. The molecule has 164 valence electrons. The van der Waals surface area contributed by atoms with Gasteiger partial charge in [0.1, 0.15) is 5.75 Å². The first kappa shape index (κ1) is 22.1. The van der Waals surface area contributed by atoms with Crippen molar-refractivity contribution in [2.24, 2.45) is 11.0 Å². The summed E-state index contributed by atoms with van der Waals surface area (Å²) in [6.07, 6.45) is 2.75. The summed E-state index contributed by atoms with van der Waals surface area (Å²) >= 11 is 0. The molecule has 1 aliphatic rings. The van der Waals surface area contributed by atoms with Crippen LogP contribution in [0.3, 0.4) is 0 Å². The number of likely N-dealkylation sites (tertiary alicyclic amines) is 1. The minimum atomic E-state index is -0.178. The van der Waals surface area contributed by atoms with Crippen LogP contribution < -0.4 is 19.6 Å². The number of hydrogen-bond donors (Lipinski definition) is 1. The topological polar surface area (TPSA) is 89.5 Å². The predicted octanol–water partition coefficient (Wildman–Crippen LogP) is 2.71. The quantitative estimate of drug-likeness (QED) is 0.544. The van der Waals surface area contributed by atoms with Gasteiger partial charge in [0.15, 0.2) is 11.5 Å². The van der Waals surface area contributed by atoms with Gasteiger partial charge in [0, 0.05) is 24.6 Å². The molecule has 1 heterocycles. The summed E-state index contributed by atoms with van der Waals surface area (Å²) < 4.78 is 15.6. The van der Waals surface area contributed by atoms with Crippen LogP contribution in [0.5, 0.6) is 17.2 Å². The first-order chi connectivity index (χ1) is 15.0. The Kier molecular flexibility index (Phi) is 7.48. The van der Waals surface area contributed by atoms with E-state index in [4.69, 9.17) is 14.2 Å². The number of ether oxygens (including phenoxy) is 3. The Labute approximate surface area is 181 Å². The van der Waals surface area contributed by atoms with Gasteiger partial charge >= 0.3 is 0 Å². The van der Waals surface area contributed by atoms with Crippen molar-refractivity contribution in [3.8, 4) is 17.2 Å². The molecular formula is C23H27N3O5. The lowest BCUT2D eigenvalue weighted by molar-refractivity contribution is -0.126. The smallest absolute Gasteiger partial charge is 0.253 e. The van der Waals surface area contributed by atoms with Crippen LogP contribution in [0.4, 0.5) is 0 Å². The fraction of sp³-hybridized carbons (Fsp3) is 0.348. The van der Waals surface area contributed by atoms with Gasteiger partial charge in [0.25, 0.3) is 5.91 Å². The highest BCUT2D eigenvalue weighted by molar-refractivity contribution is 5.94. The van der Waals surface area contributed by atoms with Gasteiger partial charge in [-0.2, -0.15) is 5.10 Å². The molecule has 3 rings (SSSR count). The van der Waals surface area contributed by atoms with Crippen molar-refractivity contribution in [1.29, 1.82) is 0 Å². The zero-order valence-corrected chi connectivity index (χ0v) is 18.0. The molecule has 2 amide bonds. The SMILES string of the molecule is COc1ccc(C(=O)N2CCC(C(=O)N/N=C\c3ccc(OC)c(OC)c3)CC2)cc1. The Hall–Kier alpha value is -3.55. The van der Waals surface area contributed by atoms with Gasteiger partial charge in [0.2, 0.25) is 5.91 Å². The number of nitrogens with zero attached hydrogens (tertiary/aromatic N) is 2. The van der Waals surface area contributed by atoms with Crippen LogP contribution in [0.2, 0.25) is 0 Å². The molecule has 1 aliphatic heterocycles. The van der Waals surface area contributed by atoms with Crippen molar-refractivity contribution < 1.29 is 23.8 Å². The highest BCUT2D eigenvalue weighted by atomic mass is 16.5. The number of nitrogens with one attached hydrogen (secondary N) is 1. The molecule has 0 saturated carbocycles. The lowest BCUT2D eigenvalue weighted by Crippen LogP contribution is -2.42. The van der Waals surface area contributed by atoms with Crippen molar-refractivity contribution in [1.82, 2.24) is 10.3 Å². The Morgan fingerprint density at radius 1 is 0.968 bits per heavy atom. The lowest BCUT2D eigenvalue weighted by Gasteiger charge is -2.31. The molecular weight excluding hydrogens is 398 g/mol. The molecule has 0 radical (unpaired) electrons. The van der Waals surface area contributed by atoms with E-state index < -0.39 is 0 Å². The van der Waals surface area contributed by atoms with Gasteiger partial charge in [-0.15, -0.1) is 0 Å². The third-order valence-electron chi connectivity index (χ3n) is 5.29. The summed E-state index contributed by atoms with van der Waals surface area (Å²) in [5.41, 5.74) is 3.99. The second-order valence-corrected chi connectivity index (χ2v) is 7.14. The summed E-state index contributed by atoms with van der Waals surface area (Å²) in [7, 11) is 4.72. The van der Waals surface area contributed by atoms with Crippen LogP contribution in [-0.4, -0.2) is 57.3 Å². The molecule has 1 N–H and O–H groups in total. The number of piperidine rings is 1. The molecule has 1 saturated heterocycles. The summed E-state index contributed by atoms with van der Waals surface area (Å²) in [6.45, 7) is 1.06. The minimum Gasteiger partial charge on any atom is -0.497 e. The van der Waals surface area contributed by atoms with Crippen LogP contribution in [0.1, 0.15) is 28.8 Å². The number of hydrazone groups is 1. The fourth-order valence-electron chi connectivity index (χ4n) is 3.46. The third-order valence-corrected chi connectivity index (χ3v) is 5.29. The molecule has 2 aromatic rings. The maximum absolute atomic E-state index is 12.6. The number of methoxy groups -OCH3 is 3. The van der Waals surface area contributed by atoms with Gasteiger partial charge in [0.05, 0.1) is 27.5 Å². The van der Waals surface area contributed by atoms with Crippen LogP contribution in [0.25, 0.3) is 0 Å². The zero-order valence-electron chi connectivity index (χ0n) is 18.0. The van der Waals surface area contributed by atoms with Crippen LogP contribution in [-0.2, 0) is 4.79 Å². The van der Waals surface area contributed by atoms with E-state index in [0.717, 1.165) is 5.56 Å². The highest BCUT2D eigenvalue weighted by Gasteiger charge is 2.27. The standard InChI is InChI=1S/C23H27N3O5/c1-29-19-7-5-18(6-8-19)23(28)26-12-10-17(11-13-26)22(27)25-24-15-16-4-9-20(30-2)21(14-16)31-3/h4-9,14-15,17H,10-13H2,1-3H3,(H,25,27)/b24-15-. The predicted molar refractivity (Wildman–Crippen MR) is 117 cm³/mol. The number of hydrogen-bond acceptors (Lipinski definition) is 6. The number of amides is 2. The van der Waals surface area contributed by atoms with Gasteiger partial charge in [-0.3, -0.25) is 9.59 Å². The Morgan fingerprint density at radius 2 is 1.65 bits per heavy atom. The van der Waals surface area contributed by atoms with Gasteiger partial charge < -0.3 is 19.1 Å². The van der Waals surface area contributed by atoms with Crippen molar-refractivity contribution in [2.75, 3.05) is 34.4 Å². The van der Waals surface area contributed by atoms with Crippen LogP contribution in [0, 0.1) is 5.92 Å². The average molecular weight is 425 g/mol. The minimum absolute atomic E-state index is 0.0343. The largest absolute Gasteiger partial charge is 0.497 e. The molecule has 2 aromatic carbocycles. The average Bonchev–Trinajstić information content (AvgIpc) is 2.83. The number of rotatable bonds is 7. The first-order valence-corrected chi connectivity index (χ1v) is 10.0. The molecule has 0 spiro atoms. The molecule has 0 unspecified atom stereocenters. The van der Waals surface area contributed by atoms with Gasteiger partial charge in [-0.1, -0.05) is 0 Å². The zero-order chi connectivity index (χ0) is 22.2. The van der Waals surface area contributed by atoms with Crippen LogP contribution >= 0.6 is 0 Å². The van der Waals surface area contributed by atoms with E-state index in [1.54, 1.807) is 68.8 Å². The molecule has 31 heavy (non-hydrogen) atoms. The lowest BCUT2D eigenvalue weighted by atomic mass is 9.95. The molecule has 0 bridgehead atoms. The molecule has 0 aromatic heterocycles. The van der Waals surface area contributed by atoms with E-state index >= 15 is 0 Å². The van der Waals surface area contributed by atoms with E-state index in [1.165, 1.54) is 0 Å². The Balaban J connectivity index is 1.49. The van der Waals surface area contributed by atoms with E-state index in [1.807, 2.05) is 6.07 Å². The Morgan fingerprint density at radius 3 is 2.26 bits per heavy atom. The van der Waals surface area contributed by atoms with Gasteiger partial charge in [-0.25, -0.2) is 5.43 Å². The number of carbonyl (C=O) groups excluding carboxylic acids is 2.